The summed E-state index contributed by atoms with van der Waals surface area (Å²) >= 11 is 12.1. The van der Waals surface area contributed by atoms with Crippen molar-refractivity contribution in [2.24, 2.45) is 0 Å². The molecule has 3 heterocycles. The fourth-order valence-corrected chi connectivity index (χ4v) is 5.25. The smallest absolute Gasteiger partial charge is 0.410 e. The number of carbonyl (C=O) groups excluding carboxylic acids is 1. The molecule has 2 aromatic carbocycles. The molecule has 2 aliphatic heterocycles. The number of aromatic nitrogens is 2. The standard InChI is InChI=1S/C27H29Cl2FN4O5/c1-27(2,3)39-26(36)33-9-7-14(8-10-33)38-24-15-11-20(35)34(18-6-5-16(28)22(29)23(18)30)25-21(15)17(31-13-32-25)12-19(24)37-4/h5-6,12-14,20,35H,7-11H2,1-4H3. The number of aliphatic hydroxyl groups excluding tert-OH is 1. The molecule has 1 unspecified atom stereocenters. The zero-order valence-electron chi connectivity index (χ0n) is 22.0. The Kier molecular flexibility index (Phi) is 7.39. The Bertz CT molecular complexity index is 1430. The summed E-state index contributed by atoms with van der Waals surface area (Å²) in [5, 5.41) is 11.7. The molecule has 3 aromatic rings. The van der Waals surface area contributed by atoms with Gasteiger partial charge in [-0.25, -0.2) is 19.2 Å². The second-order valence-electron chi connectivity index (χ2n) is 10.5. The zero-order valence-corrected chi connectivity index (χ0v) is 23.5. The number of halogens is 3. The van der Waals surface area contributed by atoms with Gasteiger partial charge in [-0.1, -0.05) is 23.2 Å². The minimum Gasteiger partial charge on any atom is -0.493 e. The molecule has 1 N–H and O–H groups in total. The predicted octanol–water partition coefficient (Wildman–Crippen LogP) is 5.88. The normalized spacial score (nSPS) is 17.9. The van der Waals surface area contributed by atoms with E-state index in [1.807, 2.05) is 20.8 Å². The maximum Gasteiger partial charge on any atom is 0.410 e. The third-order valence-electron chi connectivity index (χ3n) is 6.71. The van der Waals surface area contributed by atoms with Crippen molar-refractivity contribution in [1.29, 1.82) is 0 Å². The highest BCUT2D eigenvalue weighted by molar-refractivity contribution is 6.42. The van der Waals surface area contributed by atoms with Crippen molar-refractivity contribution in [1.82, 2.24) is 14.9 Å². The SMILES string of the molecule is COc1cc2ncnc3c2c(c1OC1CCN(C(=O)OC(C)(C)C)CC1)CC(O)N3c1ccc(Cl)c(Cl)c1F. The Morgan fingerprint density at radius 3 is 2.56 bits per heavy atom. The van der Waals surface area contributed by atoms with Crippen LogP contribution in [0.4, 0.5) is 20.7 Å². The van der Waals surface area contributed by atoms with Crippen molar-refractivity contribution in [2.45, 2.75) is 58.0 Å². The van der Waals surface area contributed by atoms with Gasteiger partial charge in [0, 0.05) is 44.0 Å². The number of piperidine rings is 1. The van der Waals surface area contributed by atoms with Crippen molar-refractivity contribution < 1.29 is 28.5 Å². The molecule has 39 heavy (non-hydrogen) atoms. The van der Waals surface area contributed by atoms with Gasteiger partial charge in [-0.2, -0.15) is 0 Å². The molecule has 1 saturated heterocycles. The number of amides is 1. The maximum atomic E-state index is 15.2. The van der Waals surface area contributed by atoms with E-state index < -0.39 is 17.6 Å². The zero-order chi connectivity index (χ0) is 28.1. The Labute approximate surface area is 235 Å². The van der Waals surface area contributed by atoms with Gasteiger partial charge in [0.05, 0.1) is 33.7 Å². The first kappa shape index (κ1) is 27.5. The summed E-state index contributed by atoms with van der Waals surface area (Å²) in [4.78, 5) is 24.3. The van der Waals surface area contributed by atoms with Gasteiger partial charge < -0.3 is 24.2 Å². The van der Waals surface area contributed by atoms with Crippen molar-refractivity contribution in [3.8, 4) is 11.5 Å². The van der Waals surface area contributed by atoms with E-state index in [-0.39, 0.29) is 34.4 Å². The molecular formula is C27H29Cl2FN4O5. The van der Waals surface area contributed by atoms with Gasteiger partial charge >= 0.3 is 6.09 Å². The third kappa shape index (κ3) is 5.25. The molecule has 0 spiro atoms. The topological polar surface area (TPSA) is 97.3 Å². The molecule has 0 bridgehead atoms. The lowest BCUT2D eigenvalue weighted by Gasteiger charge is -2.37. The third-order valence-corrected chi connectivity index (χ3v) is 7.49. The number of anilines is 2. The number of hydrogen-bond acceptors (Lipinski definition) is 8. The van der Waals surface area contributed by atoms with Crippen LogP contribution in [0.2, 0.25) is 10.0 Å². The first-order valence-corrected chi connectivity index (χ1v) is 13.3. The average Bonchev–Trinajstić information content (AvgIpc) is 2.89. The molecule has 0 aliphatic carbocycles. The molecule has 1 aromatic heterocycles. The summed E-state index contributed by atoms with van der Waals surface area (Å²) in [6.45, 7) is 6.46. The van der Waals surface area contributed by atoms with Gasteiger partial charge in [0.15, 0.2) is 17.3 Å². The predicted molar refractivity (Wildman–Crippen MR) is 146 cm³/mol. The van der Waals surface area contributed by atoms with Crippen LogP contribution in [0.15, 0.2) is 24.5 Å². The monoisotopic (exact) mass is 578 g/mol. The largest absolute Gasteiger partial charge is 0.493 e. The van der Waals surface area contributed by atoms with Gasteiger partial charge in [0.25, 0.3) is 0 Å². The minimum atomic E-state index is -1.19. The van der Waals surface area contributed by atoms with E-state index in [9.17, 15) is 9.90 Å². The van der Waals surface area contributed by atoms with Crippen molar-refractivity contribution in [3.05, 3.63) is 46.0 Å². The minimum absolute atomic E-state index is 0.0374. The number of rotatable bonds is 4. The fraction of sp³-hybridized carbons (Fsp3) is 0.444. The lowest BCUT2D eigenvalue weighted by atomic mass is 9.97. The van der Waals surface area contributed by atoms with E-state index in [1.165, 1.54) is 30.5 Å². The maximum absolute atomic E-state index is 15.2. The summed E-state index contributed by atoms with van der Waals surface area (Å²) in [6, 6.07) is 4.65. The van der Waals surface area contributed by atoms with Crippen LogP contribution in [0, 0.1) is 5.82 Å². The lowest BCUT2D eigenvalue weighted by molar-refractivity contribution is 0.0123. The number of likely N-dealkylation sites (tertiary alicyclic amines) is 1. The Balaban J connectivity index is 1.49. The van der Waals surface area contributed by atoms with E-state index >= 15 is 4.39 Å². The van der Waals surface area contributed by atoms with Crippen LogP contribution in [0.1, 0.15) is 39.2 Å². The molecule has 2 aliphatic rings. The summed E-state index contributed by atoms with van der Waals surface area (Å²) < 4.78 is 32.8. The number of hydrogen-bond donors (Lipinski definition) is 1. The van der Waals surface area contributed by atoms with Crippen LogP contribution < -0.4 is 14.4 Å². The highest BCUT2D eigenvalue weighted by Crippen LogP contribution is 2.47. The Morgan fingerprint density at radius 2 is 1.90 bits per heavy atom. The van der Waals surface area contributed by atoms with Crippen LogP contribution in [-0.4, -0.2) is 64.2 Å². The van der Waals surface area contributed by atoms with Crippen molar-refractivity contribution >= 4 is 51.7 Å². The van der Waals surface area contributed by atoms with Gasteiger partial charge in [0.1, 0.15) is 30.1 Å². The lowest BCUT2D eigenvalue weighted by Crippen LogP contribution is -2.44. The average molecular weight is 579 g/mol. The molecular weight excluding hydrogens is 550 g/mol. The molecule has 12 heteroatoms. The second-order valence-corrected chi connectivity index (χ2v) is 11.3. The first-order chi connectivity index (χ1) is 18.5. The molecule has 0 saturated carbocycles. The quantitative estimate of drug-likeness (QED) is 0.383. The van der Waals surface area contributed by atoms with Crippen LogP contribution in [-0.2, 0) is 11.2 Å². The van der Waals surface area contributed by atoms with E-state index in [4.69, 9.17) is 37.4 Å². The van der Waals surface area contributed by atoms with E-state index in [0.717, 1.165) is 0 Å². The first-order valence-electron chi connectivity index (χ1n) is 12.6. The number of aliphatic hydroxyl groups is 1. The Morgan fingerprint density at radius 1 is 1.18 bits per heavy atom. The van der Waals surface area contributed by atoms with Crippen LogP contribution in [0.3, 0.4) is 0 Å². The molecule has 1 atom stereocenters. The summed E-state index contributed by atoms with van der Waals surface area (Å²) in [5.41, 5.74) is 0.672. The molecule has 1 fully saturated rings. The summed E-state index contributed by atoms with van der Waals surface area (Å²) in [7, 11) is 1.53. The van der Waals surface area contributed by atoms with E-state index in [1.54, 1.807) is 11.0 Å². The van der Waals surface area contributed by atoms with Gasteiger partial charge in [-0.15, -0.1) is 0 Å². The van der Waals surface area contributed by atoms with E-state index in [0.29, 0.717) is 59.7 Å². The molecule has 1 amide bonds. The second kappa shape index (κ2) is 10.5. The van der Waals surface area contributed by atoms with Crippen molar-refractivity contribution in [2.75, 3.05) is 25.1 Å². The van der Waals surface area contributed by atoms with Crippen LogP contribution in [0.25, 0.3) is 10.9 Å². The number of nitrogens with zero attached hydrogens (tertiary/aromatic N) is 4. The van der Waals surface area contributed by atoms with E-state index in [2.05, 4.69) is 9.97 Å². The fourth-order valence-electron chi connectivity index (χ4n) is 4.94. The van der Waals surface area contributed by atoms with Gasteiger partial charge in [-0.3, -0.25) is 4.90 Å². The number of methoxy groups -OCH3 is 1. The molecule has 208 valence electrons. The van der Waals surface area contributed by atoms with Crippen LogP contribution in [0.5, 0.6) is 11.5 Å². The molecule has 9 nitrogen and oxygen atoms in total. The highest BCUT2D eigenvalue weighted by Gasteiger charge is 2.36. The molecule has 0 radical (unpaired) electrons. The number of ether oxygens (including phenoxy) is 3. The van der Waals surface area contributed by atoms with Gasteiger partial charge in [-0.05, 0) is 32.9 Å². The summed E-state index contributed by atoms with van der Waals surface area (Å²) in [6.07, 6.45) is 0.850. The van der Waals surface area contributed by atoms with Crippen molar-refractivity contribution in [3.63, 3.8) is 0 Å². The number of benzene rings is 2. The number of carbonyl (C=O) groups is 1. The van der Waals surface area contributed by atoms with Gasteiger partial charge in [0.2, 0.25) is 0 Å². The van der Waals surface area contributed by atoms with Crippen LogP contribution >= 0.6 is 23.2 Å². The Hall–Kier alpha value is -3.08. The summed E-state index contributed by atoms with van der Waals surface area (Å²) in [5.74, 6) is 0.460. The highest BCUT2D eigenvalue weighted by atomic mass is 35.5. The molecule has 5 rings (SSSR count).